The number of esters is 2. The number of likely N-dealkylation sites (N-methyl/N-ethyl adjacent to an activating group) is 1. The highest BCUT2D eigenvalue weighted by Crippen LogP contribution is 2.16. The second-order valence-corrected chi connectivity index (χ2v) is 21.6. The fraction of sp³-hybridized carbons (Fsp3) is 0.643. The minimum Gasteiger partial charge on any atom is -0.545 e. The topological polar surface area (TPSA) is 111 Å². The molecule has 9 nitrogen and oxygen atoms in total. The van der Waals surface area contributed by atoms with Gasteiger partial charge in [0.15, 0.2) is 12.4 Å². The van der Waals surface area contributed by atoms with Gasteiger partial charge in [-0.1, -0.05) is 244 Å². The summed E-state index contributed by atoms with van der Waals surface area (Å²) in [6.07, 6.45) is 82.4. The van der Waals surface area contributed by atoms with Gasteiger partial charge in [-0.2, -0.15) is 0 Å². The Labute approximate surface area is 484 Å². The second kappa shape index (κ2) is 59.5. The van der Waals surface area contributed by atoms with Gasteiger partial charge in [-0.3, -0.25) is 9.59 Å². The van der Waals surface area contributed by atoms with Crippen molar-refractivity contribution in [1.29, 1.82) is 0 Å². The molecule has 0 spiro atoms. The molecule has 0 saturated heterocycles. The predicted octanol–water partition coefficient (Wildman–Crippen LogP) is 17.7. The van der Waals surface area contributed by atoms with Gasteiger partial charge in [0.05, 0.1) is 40.3 Å². The van der Waals surface area contributed by atoms with Crippen molar-refractivity contribution in [2.75, 3.05) is 47.5 Å². The molecule has 0 fully saturated rings. The van der Waals surface area contributed by atoms with Crippen LogP contribution in [0.3, 0.4) is 0 Å². The number of nitrogens with zero attached hydrogens (tertiary/aromatic N) is 1. The van der Waals surface area contributed by atoms with Crippen LogP contribution in [-0.4, -0.2) is 82.3 Å². The largest absolute Gasteiger partial charge is 0.545 e. The Morgan fingerprint density at radius 1 is 0.380 bits per heavy atom. The summed E-state index contributed by atoms with van der Waals surface area (Å²) in [5.74, 6) is -2.35. The lowest BCUT2D eigenvalue weighted by atomic mass is 10.0. The molecule has 0 radical (unpaired) electrons. The number of carboxylic acid groups (broad SMARTS) is 1. The summed E-state index contributed by atoms with van der Waals surface area (Å²) in [5.41, 5.74) is 0. The van der Waals surface area contributed by atoms with Crippen LogP contribution in [0.2, 0.25) is 0 Å². The van der Waals surface area contributed by atoms with Crippen molar-refractivity contribution in [3.63, 3.8) is 0 Å². The lowest BCUT2D eigenvalue weighted by Gasteiger charge is -2.26. The smallest absolute Gasteiger partial charge is 0.306 e. The zero-order valence-electron chi connectivity index (χ0n) is 50.9. The molecule has 0 aliphatic carbocycles. The third-order valence-corrected chi connectivity index (χ3v) is 12.9. The number of rotatable bonds is 56. The van der Waals surface area contributed by atoms with Crippen molar-refractivity contribution in [3.8, 4) is 0 Å². The van der Waals surface area contributed by atoms with Gasteiger partial charge in [0.1, 0.15) is 13.2 Å². The number of ether oxygens (including phenoxy) is 4. The zero-order chi connectivity index (χ0) is 57.6. The molecule has 79 heavy (non-hydrogen) atoms. The number of carboxylic acids is 1. The molecule has 0 aliphatic heterocycles. The van der Waals surface area contributed by atoms with E-state index < -0.39 is 24.3 Å². The minimum absolute atomic E-state index is 0.133. The summed E-state index contributed by atoms with van der Waals surface area (Å²) < 4.78 is 22.7. The van der Waals surface area contributed by atoms with Crippen LogP contribution in [0.1, 0.15) is 232 Å². The monoisotopic (exact) mass is 1100 g/mol. The normalized spacial score (nSPS) is 13.7. The summed E-state index contributed by atoms with van der Waals surface area (Å²) in [5, 5.41) is 11.8. The standard InChI is InChI=1S/C70H115NO8/c1-6-8-10-12-14-16-18-20-22-24-26-28-29-30-31-32-33-34-35-36-37-38-39-41-42-44-46-48-50-52-54-56-58-60-67(72)77-64-66(65-78-70(69(74)75)76-63-62-71(3,4)5)79-68(73)61-59-57-55-53-51-49-47-45-43-40-27-25-23-21-19-17-15-13-11-9-7-2/h8-11,14-17,20-23,26-28,30-31,40,45,47,51,53,66,70H,6-7,12-13,18-19,24-25,29,32-39,41-44,46,48-50,52,54-65H2,1-5H3/b10-8-,11-9-,16-14-,17-15-,22-20-,23-21-,28-26-,31-30-,40-27-,47-45-,53-51-. The number of quaternary nitrogens is 1. The van der Waals surface area contributed by atoms with E-state index in [1.165, 1.54) is 96.3 Å². The number of unbranched alkanes of at least 4 members (excludes halogenated alkanes) is 19. The molecule has 0 N–H and O–H groups in total. The van der Waals surface area contributed by atoms with E-state index in [4.69, 9.17) is 18.9 Å². The maximum atomic E-state index is 12.9. The number of hydrogen-bond acceptors (Lipinski definition) is 8. The Morgan fingerprint density at radius 3 is 1.04 bits per heavy atom. The number of carbonyl (C=O) groups excluding carboxylic acids is 3. The van der Waals surface area contributed by atoms with Gasteiger partial charge in [-0.05, 0) is 109 Å². The summed E-state index contributed by atoms with van der Waals surface area (Å²) in [6.45, 7) is 4.46. The molecular weight excluding hydrogens is 983 g/mol. The Balaban J connectivity index is 4.20. The first-order valence-electron chi connectivity index (χ1n) is 31.3. The van der Waals surface area contributed by atoms with Gasteiger partial charge < -0.3 is 33.3 Å². The first kappa shape index (κ1) is 74.4. The number of allylic oxidation sites excluding steroid dienone is 22. The highest BCUT2D eigenvalue weighted by molar-refractivity contribution is 5.70. The maximum absolute atomic E-state index is 12.9. The van der Waals surface area contributed by atoms with Crippen LogP contribution < -0.4 is 5.11 Å². The molecule has 2 unspecified atom stereocenters. The fourth-order valence-corrected chi connectivity index (χ4v) is 8.15. The zero-order valence-corrected chi connectivity index (χ0v) is 50.9. The molecule has 9 heteroatoms. The van der Waals surface area contributed by atoms with Gasteiger partial charge in [0.2, 0.25) is 0 Å². The number of carbonyl (C=O) groups is 3. The van der Waals surface area contributed by atoms with Gasteiger partial charge in [-0.15, -0.1) is 0 Å². The van der Waals surface area contributed by atoms with E-state index in [1.54, 1.807) is 0 Å². The van der Waals surface area contributed by atoms with Gasteiger partial charge in [-0.25, -0.2) is 0 Å². The summed E-state index contributed by atoms with van der Waals surface area (Å²) in [4.78, 5) is 37.3. The molecule has 0 bridgehead atoms. The van der Waals surface area contributed by atoms with Crippen molar-refractivity contribution in [2.45, 2.75) is 245 Å². The SMILES string of the molecule is CC/C=C\C/C=C\C/C=C\C/C=C\C/C=C\C/C=C\CCCCC(=O)OC(COC(=O)CCCCCCCCCCCCCCCCCCC/C=C\C/C=C\C/C=C\C/C=C\C/C=C\CC)COC(OCC[N+](C)(C)C)C(=O)[O-]. The first-order valence-corrected chi connectivity index (χ1v) is 31.3. The van der Waals surface area contributed by atoms with E-state index in [0.717, 1.165) is 103 Å². The van der Waals surface area contributed by atoms with Crippen LogP contribution >= 0.6 is 0 Å². The van der Waals surface area contributed by atoms with Crippen LogP contribution in [0.15, 0.2) is 134 Å². The molecule has 2 atom stereocenters. The van der Waals surface area contributed by atoms with Gasteiger partial charge >= 0.3 is 11.9 Å². The molecule has 0 amide bonds. The Hall–Kier alpha value is -4.57. The van der Waals surface area contributed by atoms with Crippen molar-refractivity contribution < 1.29 is 42.9 Å². The van der Waals surface area contributed by atoms with E-state index in [9.17, 15) is 19.5 Å². The van der Waals surface area contributed by atoms with E-state index in [2.05, 4.69) is 148 Å². The van der Waals surface area contributed by atoms with Crippen molar-refractivity contribution >= 4 is 17.9 Å². The molecule has 0 saturated carbocycles. The number of aliphatic carboxylic acids is 1. The first-order chi connectivity index (χ1) is 38.6. The predicted molar refractivity (Wildman–Crippen MR) is 333 cm³/mol. The minimum atomic E-state index is -1.64. The van der Waals surface area contributed by atoms with Crippen molar-refractivity contribution in [1.82, 2.24) is 0 Å². The third-order valence-electron chi connectivity index (χ3n) is 12.9. The number of hydrogen-bond donors (Lipinski definition) is 0. The molecule has 0 aromatic carbocycles. The lowest BCUT2D eigenvalue weighted by Crippen LogP contribution is -2.44. The van der Waals surface area contributed by atoms with E-state index in [1.807, 2.05) is 21.1 Å². The van der Waals surface area contributed by atoms with Crippen LogP contribution in [0, 0.1) is 0 Å². The fourth-order valence-electron chi connectivity index (χ4n) is 8.15. The molecular formula is C70H115NO8. The average Bonchev–Trinajstić information content (AvgIpc) is 3.42. The van der Waals surface area contributed by atoms with Crippen molar-refractivity contribution in [2.24, 2.45) is 0 Å². The quantitative estimate of drug-likeness (QED) is 0.0195. The Morgan fingerprint density at radius 2 is 0.684 bits per heavy atom. The molecule has 448 valence electrons. The average molecular weight is 1100 g/mol. The van der Waals surface area contributed by atoms with Crippen molar-refractivity contribution in [3.05, 3.63) is 134 Å². The highest BCUT2D eigenvalue weighted by Gasteiger charge is 2.22. The van der Waals surface area contributed by atoms with Gasteiger partial charge in [0, 0.05) is 12.8 Å². The maximum Gasteiger partial charge on any atom is 0.306 e. The van der Waals surface area contributed by atoms with E-state index in [-0.39, 0.29) is 38.6 Å². The van der Waals surface area contributed by atoms with Crippen LogP contribution in [0.5, 0.6) is 0 Å². The third kappa shape index (κ3) is 60.9. The van der Waals surface area contributed by atoms with Gasteiger partial charge in [0.25, 0.3) is 0 Å². The molecule has 0 aliphatic rings. The summed E-state index contributed by atoms with van der Waals surface area (Å²) in [6, 6.07) is 0. The highest BCUT2D eigenvalue weighted by atomic mass is 16.7. The van der Waals surface area contributed by atoms with Crippen LogP contribution in [0.4, 0.5) is 0 Å². The Kier molecular flexibility index (Phi) is 56.1. The molecule has 0 rings (SSSR count). The molecule has 0 aromatic rings. The second-order valence-electron chi connectivity index (χ2n) is 21.6. The van der Waals surface area contributed by atoms with E-state index >= 15 is 0 Å². The molecule has 0 aromatic heterocycles. The van der Waals surface area contributed by atoms with Crippen LogP contribution in [0.25, 0.3) is 0 Å². The van der Waals surface area contributed by atoms with E-state index in [0.29, 0.717) is 17.4 Å². The van der Waals surface area contributed by atoms with Crippen LogP contribution in [-0.2, 0) is 33.3 Å². The Bertz CT molecular complexity index is 1750. The summed E-state index contributed by atoms with van der Waals surface area (Å²) in [7, 11) is 5.90. The summed E-state index contributed by atoms with van der Waals surface area (Å²) >= 11 is 0. The lowest BCUT2D eigenvalue weighted by molar-refractivity contribution is -0.870. The molecule has 0 heterocycles.